The molecule has 0 radical (unpaired) electrons. The van der Waals surface area contributed by atoms with E-state index in [-0.39, 0.29) is 0 Å². The van der Waals surface area contributed by atoms with Crippen LogP contribution in [0.2, 0.25) is 0 Å². The summed E-state index contributed by atoms with van der Waals surface area (Å²) in [5.74, 6) is 1.19. The molecule has 0 bridgehead atoms. The van der Waals surface area contributed by atoms with Crippen LogP contribution in [-0.2, 0) is 6.42 Å². The van der Waals surface area contributed by atoms with E-state index < -0.39 is 0 Å². The third-order valence-corrected chi connectivity index (χ3v) is 1.95. The Bertz CT molecular complexity index is 229. The maximum Gasteiger partial charge on any atom is 0.127 e. The van der Waals surface area contributed by atoms with Gasteiger partial charge in [-0.05, 0) is 6.42 Å². The highest BCUT2D eigenvalue weighted by molar-refractivity contribution is 5.02. The van der Waals surface area contributed by atoms with Crippen LogP contribution in [0.5, 0.6) is 0 Å². The fraction of sp³-hybridized carbons (Fsp3) is 0.571. The summed E-state index contributed by atoms with van der Waals surface area (Å²) in [7, 11) is 2.09. The molecule has 0 amide bonds. The standard InChI is InChI=1S/C7H11N3/c1-9-5-2-3-7-8-4-6-10(7)9/h4,6H,2-3,5H2,1H3. The number of imidazole rings is 1. The largest absolute Gasteiger partial charge is 0.315 e. The van der Waals surface area contributed by atoms with E-state index in [9.17, 15) is 0 Å². The Morgan fingerprint density at radius 2 is 2.50 bits per heavy atom. The van der Waals surface area contributed by atoms with Crippen LogP contribution in [0.4, 0.5) is 0 Å². The van der Waals surface area contributed by atoms with Crippen LogP contribution in [0.3, 0.4) is 0 Å². The molecule has 0 aromatic carbocycles. The van der Waals surface area contributed by atoms with Crippen LogP contribution in [0.25, 0.3) is 0 Å². The maximum absolute atomic E-state index is 4.23. The molecule has 1 aliphatic rings. The molecule has 0 saturated heterocycles. The SMILES string of the molecule is CN1CCCc2nccn21. The normalized spacial score (nSPS) is 17.1. The van der Waals surface area contributed by atoms with Crippen molar-refractivity contribution in [1.29, 1.82) is 0 Å². The Hall–Kier alpha value is -0.990. The van der Waals surface area contributed by atoms with Crippen molar-refractivity contribution in [2.45, 2.75) is 12.8 Å². The summed E-state index contributed by atoms with van der Waals surface area (Å²) >= 11 is 0. The number of fused-ring (bicyclic) bond motifs is 1. The van der Waals surface area contributed by atoms with E-state index in [1.807, 2.05) is 12.4 Å². The van der Waals surface area contributed by atoms with Gasteiger partial charge in [-0.25, -0.2) is 9.66 Å². The van der Waals surface area contributed by atoms with Crippen LogP contribution in [0, 0.1) is 0 Å². The molecule has 0 fully saturated rings. The van der Waals surface area contributed by atoms with Crippen molar-refractivity contribution >= 4 is 0 Å². The van der Waals surface area contributed by atoms with Crippen LogP contribution in [0.1, 0.15) is 12.2 Å². The topological polar surface area (TPSA) is 21.1 Å². The average molecular weight is 137 g/mol. The number of rotatable bonds is 0. The van der Waals surface area contributed by atoms with E-state index in [1.165, 1.54) is 12.2 Å². The zero-order valence-corrected chi connectivity index (χ0v) is 6.12. The van der Waals surface area contributed by atoms with Crippen molar-refractivity contribution in [2.24, 2.45) is 0 Å². The molecule has 0 N–H and O–H groups in total. The number of aromatic nitrogens is 2. The van der Waals surface area contributed by atoms with Gasteiger partial charge in [0.2, 0.25) is 0 Å². The van der Waals surface area contributed by atoms with Gasteiger partial charge in [-0.3, -0.25) is 0 Å². The van der Waals surface area contributed by atoms with E-state index in [0.717, 1.165) is 13.0 Å². The van der Waals surface area contributed by atoms with E-state index in [1.54, 1.807) is 0 Å². The first-order valence-electron chi connectivity index (χ1n) is 3.61. The molecule has 2 heterocycles. The molecule has 0 spiro atoms. The molecule has 0 aliphatic carbocycles. The van der Waals surface area contributed by atoms with Crippen molar-refractivity contribution < 1.29 is 0 Å². The van der Waals surface area contributed by atoms with Gasteiger partial charge in [0, 0.05) is 32.4 Å². The molecule has 0 unspecified atom stereocenters. The highest BCUT2D eigenvalue weighted by Gasteiger charge is 2.11. The third-order valence-electron chi connectivity index (χ3n) is 1.95. The van der Waals surface area contributed by atoms with Gasteiger partial charge in [0.25, 0.3) is 0 Å². The predicted octanol–water partition coefficient (Wildman–Crippen LogP) is 0.397. The second kappa shape index (κ2) is 2.01. The summed E-state index contributed by atoms with van der Waals surface area (Å²) in [6, 6.07) is 0. The summed E-state index contributed by atoms with van der Waals surface area (Å²) in [6.45, 7) is 1.14. The highest BCUT2D eigenvalue weighted by Crippen LogP contribution is 2.07. The lowest BCUT2D eigenvalue weighted by Gasteiger charge is -2.26. The number of hydrogen-bond acceptors (Lipinski definition) is 2. The van der Waals surface area contributed by atoms with Crippen molar-refractivity contribution in [3.8, 4) is 0 Å². The van der Waals surface area contributed by atoms with Crippen LogP contribution in [-0.4, -0.2) is 23.3 Å². The van der Waals surface area contributed by atoms with Crippen molar-refractivity contribution in [1.82, 2.24) is 9.66 Å². The summed E-state index contributed by atoms with van der Waals surface area (Å²) in [6.07, 6.45) is 6.22. The van der Waals surface area contributed by atoms with Gasteiger partial charge >= 0.3 is 0 Å². The smallest absolute Gasteiger partial charge is 0.127 e. The maximum atomic E-state index is 4.23. The van der Waals surface area contributed by atoms with Crippen molar-refractivity contribution in [3.63, 3.8) is 0 Å². The summed E-state index contributed by atoms with van der Waals surface area (Å²) in [4.78, 5) is 4.23. The fourth-order valence-corrected chi connectivity index (χ4v) is 1.39. The number of hydrogen-bond donors (Lipinski definition) is 0. The highest BCUT2D eigenvalue weighted by atomic mass is 15.5. The number of aryl methyl sites for hydroxylation is 1. The lowest BCUT2D eigenvalue weighted by Crippen LogP contribution is -2.36. The van der Waals surface area contributed by atoms with Gasteiger partial charge in [-0.2, -0.15) is 0 Å². The van der Waals surface area contributed by atoms with E-state index in [4.69, 9.17) is 0 Å². The first-order chi connectivity index (χ1) is 4.88. The first kappa shape index (κ1) is 5.77. The van der Waals surface area contributed by atoms with Gasteiger partial charge in [-0.15, -0.1) is 0 Å². The fourth-order valence-electron chi connectivity index (χ4n) is 1.39. The Morgan fingerprint density at radius 3 is 3.30 bits per heavy atom. The predicted molar refractivity (Wildman–Crippen MR) is 39.6 cm³/mol. The second-order valence-electron chi connectivity index (χ2n) is 2.67. The quantitative estimate of drug-likeness (QED) is 0.516. The lowest BCUT2D eigenvalue weighted by molar-refractivity contribution is 0.536. The van der Waals surface area contributed by atoms with Gasteiger partial charge in [0.05, 0.1) is 0 Å². The Kier molecular flexibility index (Phi) is 1.16. The van der Waals surface area contributed by atoms with Crippen molar-refractivity contribution in [2.75, 3.05) is 18.6 Å². The molecule has 54 valence electrons. The van der Waals surface area contributed by atoms with Gasteiger partial charge in [0.1, 0.15) is 5.82 Å². The lowest BCUT2D eigenvalue weighted by atomic mass is 10.2. The monoisotopic (exact) mass is 137 g/mol. The summed E-state index contributed by atoms with van der Waals surface area (Å²) in [5, 5.41) is 2.19. The van der Waals surface area contributed by atoms with E-state index in [2.05, 4.69) is 21.7 Å². The Labute approximate surface area is 60.3 Å². The van der Waals surface area contributed by atoms with Crippen LogP contribution in [0.15, 0.2) is 12.4 Å². The van der Waals surface area contributed by atoms with Gasteiger partial charge in [0.15, 0.2) is 0 Å². The zero-order valence-electron chi connectivity index (χ0n) is 6.12. The minimum Gasteiger partial charge on any atom is -0.315 e. The Morgan fingerprint density at radius 1 is 1.60 bits per heavy atom. The third kappa shape index (κ3) is 0.701. The minimum absolute atomic E-state index is 1.12. The molecule has 0 saturated carbocycles. The summed E-state index contributed by atoms with van der Waals surface area (Å²) in [5.41, 5.74) is 0. The first-order valence-corrected chi connectivity index (χ1v) is 3.61. The molecule has 3 nitrogen and oxygen atoms in total. The molecule has 1 aromatic rings. The molecule has 2 rings (SSSR count). The van der Waals surface area contributed by atoms with E-state index in [0.29, 0.717) is 0 Å². The molecule has 10 heavy (non-hydrogen) atoms. The summed E-state index contributed by atoms with van der Waals surface area (Å²) < 4.78 is 2.11. The van der Waals surface area contributed by atoms with E-state index >= 15 is 0 Å². The Balaban J connectivity index is 2.41. The molecule has 0 atom stereocenters. The average Bonchev–Trinajstić information content (AvgIpc) is 2.36. The minimum atomic E-state index is 1.12. The van der Waals surface area contributed by atoms with Gasteiger partial charge in [-0.1, -0.05) is 0 Å². The number of nitrogens with zero attached hydrogens (tertiary/aromatic N) is 3. The molecule has 1 aliphatic heterocycles. The second-order valence-corrected chi connectivity index (χ2v) is 2.67. The zero-order chi connectivity index (χ0) is 6.97. The van der Waals surface area contributed by atoms with Crippen molar-refractivity contribution in [3.05, 3.63) is 18.2 Å². The molecule has 1 aromatic heterocycles. The van der Waals surface area contributed by atoms with Crippen LogP contribution < -0.4 is 5.01 Å². The van der Waals surface area contributed by atoms with Gasteiger partial charge < -0.3 is 5.01 Å². The molecule has 3 heteroatoms. The molecular formula is C7H11N3. The van der Waals surface area contributed by atoms with Crippen LogP contribution >= 0.6 is 0 Å². The molecular weight excluding hydrogens is 126 g/mol.